The molecule has 0 N–H and O–H groups in total. The third kappa shape index (κ3) is 6.04. The highest BCUT2D eigenvalue weighted by Gasteiger charge is 2.47. The zero-order chi connectivity index (χ0) is 43.6. The highest BCUT2D eigenvalue weighted by Crippen LogP contribution is 2.46. The Morgan fingerprint density at radius 1 is 0.648 bits per heavy atom. The summed E-state index contributed by atoms with van der Waals surface area (Å²) in [6.07, 6.45) is 0. The van der Waals surface area contributed by atoms with Crippen molar-refractivity contribution in [3.63, 3.8) is 0 Å². The fraction of sp³-hybridized carbons (Fsp3) is 0.320. The average molecular weight is 736 g/mol. The van der Waals surface area contributed by atoms with Crippen molar-refractivity contribution >= 4 is 52.0 Å². The highest BCUT2D eigenvalue weighted by atomic mass is 35.5. The molecule has 2 nitrogen and oxygen atoms in total. The van der Waals surface area contributed by atoms with Crippen LogP contribution in [0, 0.1) is 20.6 Å². The normalized spacial score (nSPS) is 17.4. The average Bonchev–Trinajstić information content (AvgIpc) is 3.56. The van der Waals surface area contributed by atoms with Crippen LogP contribution in [0.4, 0.5) is 17.1 Å². The lowest BCUT2D eigenvalue weighted by atomic mass is 9.33. The molecule has 54 heavy (non-hydrogen) atoms. The van der Waals surface area contributed by atoms with Gasteiger partial charge in [-0.05, 0) is 129 Å². The van der Waals surface area contributed by atoms with Crippen LogP contribution in [0.3, 0.4) is 0 Å². The van der Waals surface area contributed by atoms with Gasteiger partial charge in [0.25, 0.3) is 6.71 Å². The topological polar surface area (TPSA) is 16.4 Å². The number of furan rings is 1. The molecular formula is C50H53BClNO. The van der Waals surface area contributed by atoms with Crippen LogP contribution in [0.1, 0.15) is 127 Å². The van der Waals surface area contributed by atoms with E-state index in [1.54, 1.807) is 13.0 Å². The first kappa shape index (κ1) is 29.8. The van der Waals surface area contributed by atoms with Crippen molar-refractivity contribution < 1.29 is 12.6 Å². The van der Waals surface area contributed by atoms with E-state index >= 15 is 0 Å². The number of aryl methyl sites for hydroxylation is 3. The molecule has 0 amide bonds. The summed E-state index contributed by atoms with van der Waals surface area (Å²) in [6, 6.07) is 33.3. The Labute approximate surface area is 337 Å². The van der Waals surface area contributed by atoms with Crippen LogP contribution in [-0.4, -0.2) is 6.71 Å². The zero-order valence-electron chi connectivity index (χ0n) is 39.1. The molecule has 2 aliphatic rings. The number of halogens is 1. The van der Waals surface area contributed by atoms with E-state index in [1.807, 2.05) is 6.07 Å². The summed E-state index contributed by atoms with van der Waals surface area (Å²) in [5.74, 6) is 0.0806. The maximum atomic E-state index is 8.63. The second kappa shape index (κ2) is 12.5. The summed E-state index contributed by atoms with van der Waals surface area (Å²) in [5.41, 5.74) is 13.2. The summed E-state index contributed by atoms with van der Waals surface area (Å²) >= 11 is 7.23. The van der Waals surface area contributed by atoms with Gasteiger partial charge < -0.3 is 9.32 Å². The maximum Gasteiger partial charge on any atom is 0.292 e. The molecule has 0 aliphatic carbocycles. The Bertz CT molecular complexity index is 2650. The van der Waals surface area contributed by atoms with E-state index < -0.39 is 13.7 Å². The lowest BCUT2D eigenvalue weighted by Crippen LogP contribution is -2.61. The van der Waals surface area contributed by atoms with Gasteiger partial charge >= 0.3 is 0 Å². The Morgan fingerprint density at radius 2 is 1.26 bits per heavy atom. The minimum atomic E-state index is -2.61. The quantitative estimate of drug-likeness (QED) is 0.168. The summed E-state index contributed by atoms with van der Waals surface area (Å²) in [5, 5.41) is 0.609. The van der Waals surface area contributed by atoms with Gasteiger partial charge in [-0.15, -0.1) is 0 Å². The summed E-state index contributed by atoms with van der Waals surface area (Å²) in [4.78, 5) is 2.33. The molecule has 2 aliphatic heterocycles. The summed E-state index contributed by atoms with van der Waals surface area (Å²) in [6.45, 7) is 16.2. The van der Waals surface area contributed by atoms with E-state index in [4.69, 9.17) is 24.2 Å². The third-order valence-corrected chi connectivity index (χ3v) is 11.7. The summed E-state index contributed by atoms with van der Waals surface area (Å²) in [7, 11) is 0. The first-order valence-electron chi connectivity index (χ1n) is 22.0. The molecule has 5 aromatic carbocycles. The van der Waals surface area contributed by atoms with E-state index in [0.717, 1.165) is 50.3 Å². The number of anilines is 3. The first-order valence-corrected chi connectivity index (χ1v) is 19.4. The van der Waals surface area contributed by atoms with Gasteiger partial charge in [0.1, 0.15) is 5.76 Å². The fourth-order valence-corrected chi connectivity index (χ4v) is 8.80. The van der Waals surface area contributed by atoms with Gasteiger partial charge in [0.05, 0.1) is 5.66 Å². The Balaban J connectivity index is 1.47. The molecule has 1 aromatic heterocycles. The molecule has 0 spiro atoms. The molecular weight excluding hydrogens is 677 g/mol. The fourth-order valence-electron chi connectivity index (χ4n) is 8.57. The minimum absolute atomic E-state index is 0.0127. The van der Waals surface area contributed by atoms with Gasteiger partial charge in [-0.2, -0.15) is 0 Å². The van der Waals surface area contributed by atoms with Gasteiger partial charge in [-0.25, -0.2) is 0 Å². The molecule has 1 atom stereocenters. The van der Waals surface area contributed by atoms with Gasteiger partial charge in [-0.1, -0.05) is 140 Å². The molecule has 274 valence electrons. The minimum Gasteiger partial charge on any atom is -0.470 e. The molecule has 0 fully saturated rings. The van der Waals surface area contributed by atoms with Crippen LogP contribution in [0.15, 0.2) is 101 Å². The van der Waals surface area contributed by atoms with Crippen LogP contribution < -0.4 is 21.5 Å². The van der Waals surface area contributed by atoms with Gasteiger partial charge in [0, 0.05) is 41.8 Å². The van der Waals surface area contributed by atoms with Crippen molar-refractivity contribution in [3.05, 3.63) is 152 Å². The van der Waals surface area contributed by atoms with E-state index in [9.17, 15) is 0 Å². The van der Waals surface area contributed by atoms with Crippen molar-refractivity contribution in [1.82, 2.24) is 0 Å². The van der Waals surface area contributed by atoms with Gasteiger partial charge in [0.15, 0.2) is 0 Å². The van der Waals surface area contributed by atoms with Crippen LogP contribution in [0.25, 0.3) is 11.3 Å². The van der Waals surface area contributed by atoms with Crippen LogP contribution in [0.5, 0.6) is 0 Å². The summed E-state index contributed by atoms with van der Waals surface area (Å²) < 4.78 is 57.5. The monoisotopic (exact) mass is 735 g/mol. The number of hydrogen-bond acceptors (Lipinski definition) is 2. The lowest BCUT2D eigenvalue weighted by molar-refractivity contribution is 0.589. The molecule has 6 aromatic rings. The lowest BCUT2D eigenvalue weighted by Gasteiger charge is -2.42. The zero-order valence-corrected chi connectivity index (χ0v) is 33.9. The van der Waals surface area contributed by atoms with Crippen molar-refractivity contribution in [3.8, 4) is 11.3 Å². The molecule has 3 heterocycles. The van der Waals surface area contributed by atoms with Gasteiger partial charge in [0.2, 0.25) is 0 Å². The molecule has 0 bridgehead atoms. The Hall–Kier alpha value is -4.47. The van der Waals surface area contributed by atoms with Crippen molar-refractivity contribution in [2.45, 2.75) is 105 Å². The third-order valence-electron chi connectivity index (χ3n) is 11.5. The number of fused-ring (bicyclic) bond motifs is 4. The highest BCUT2D eigenvalue weighted by molar-refractivity contribution is 6.98. The standard InChI is InChI=1S/C50H53BClNO/c1-29-23-30(2)44(31(3)24-29)43-28-39-45(32-13-15-33(16-14-32)48(4,5)6)38-26-36(52)27-42-46(38)51(47(39)54-43)40-25-35(50(10,11)12)19-22-41(40)53(42)37-20-17-34(18-21-37)49(7,8)9/h13-28,45H,1-12H3/i1D3,2D3. The predicted molar refractivity (Wildman–Crippen MR) is 233 cm³/mol. The Morgan fingerprint density at radius 3 is 1.87 bits per heavy atom. The van der Waals surface area contributed by atoms with E-state index in [1.165, 1.54) is 22.8 Å². The largest absolute Gasteiger partial charge is 0.470 e. The second-order valence-corrected chi connectivity index (χ2v) is 18.9. The van der Waals surface area contributed by atoms with Gasteiger partial charge in [-0.3, -0.25) is 0 Å². The molecule has 0 radical (unpaired) electrons. The van der Waals surface area contributed by atoms with Crippen molar-refractivity contribution in [1.29, 1.82) is 0 Å². The molecule has 0 saturated heterocycles. The molecule has 4 heteroatoms. The number of hydrogen-bond donors (Lipinski definition) is 0. The predicted octanol–water partition coefficient (Wildman–Crippen LogP) is 12.2. The maximum absolute atomic E-state index is 8.63. The van der Waals surface area contributed by atoms with Crippen molar-refractivity contribution in [2.75, 3.05) is 4.90 Å². The van der Waals surface area contributed by atoms with Crippen molar-refractivity contribution in [2.24, 2.45) is 0 Å². The molecule has 8 rings (SSSR count). The van der Waals surface area contributed by atoms with E-state index in [-0.39, 0.29) is 40.0 Å². The second-order valence-electron chi connectivity index (χ2n) is 18.5. The first-order chi connectivity index (χ1) is 27.7. The molecule has 1 unspecified atom stereocenters. The number of benzene rings is 5. The van der Waals surface area contributed by atoms with Crippen LogP contribution >= 0.6 is 11.6 Å². The smallest absolute Gasteiger partial charge is 0.292 e. The van der Waals surface area contributed by atoms with E-state index in [2.05, 4.69) is 146 Å². The van der Waals surface area contributed by atoms with Crippen LogP contribution in [0.2, 0.25) is 5.02 Å². The number of rotatable bonds is 3. The Kier molecular flexibility index (Phi) is 6.93. The van der Waals surface area contributed by atoms with Crippen LogP contribution in [-0.2, 0) is 16.2 Å². The number of nitrogens with zero attached hydrogens (tertiary/aromatic N) is 1. The van der Waals surface area contributed by atoms with E-state index in [0.29, 0.717) is 21.9 Å². The SMILES string of the molecule is [2H]C([2H])([2H])c1cc(C)c(-c2cc3c(o2)B2c4cc(C(C)(C)C)ccc4N(c4ccc(C(C)(C)C)cc4)c4cc(Cl)cc(c42)C3c2ccc(C(C)(C)C)cc2)c(C([2H])([2H])[2H])c1. The molecule has 0 saturated carbocycles.